The number of hydrogen-bond donors (Lipinski definition) is 2. The van der Waals surface area contributed by atoms with Crippen molar-refractivity contribution in [3.8, 4) is 11.5 Å². The van der Waals surface area contributed by atoms with Crippen LogP contribution >= 0.6 is 0 Å². The molecule has 0 heterocycles. The minimum absolute atomic E-state index is 0.0729. The number of amides is 1. The van der Waals surface area contributed by atoms with Crippen molar-refractivity contribution in [3.63, 3.8) is 0 Å². The van der Waals surface area contributed by atoms with E-state index in [2.05, 4.69) is 0 Å². The monoisotopic (exact) mass is 224 g/mol. The summed E-state index contributed by atoms with van der Waals surface area (Å²) in [5.74, 6) is 0.836. The Morgan fingerprint density at radius 3 is 2.56 bits per heavy atom. The van der Waals surface area contributed by atoms with Crippen molar-refractivity contribution in [2.24, 2.45) is 11.5 Å². The van der Waals surface area contributed by atoms with Crippen molar-refractivity contribution >= 4 is 5.91 Å². The standard InChI is InChI=1S/C11H16N2O3/c1-15-7-3-4-10(16-2)8(5-7)9(12)6-11(13)14/h3-5,9H,6,12H2,1-2H3,(H2,13,14)/t9-/m1/s1. The van der Waals surface area contributed by atoms with Gasteiger partial charge in [0.15, 0.2) is 0 Å². The molecule has 0 aliphatic rings. The van der Waals surface area contributed by atoms with Crippen molar-refractivity contribution in [2.45, 2.75) is 12.5 Å². The lowest BCUT2D eigenvalue weighted by Gasteiger charge is -2.15. The summed E-state index contributed by atoms with van der Waals surface area (Å²) in [6.07, 6.45) is 0.0729. The van der Waals surface area contributed by atoms with Crippen molar-refractivity contribution in [3.05, 3.63) is 23.8 Å². The number of hydrogen-bond acceptors (Lipinski definition) is 4. The lowest BCUT2D eigenvalue weighted by atomic mass is 10.0. The van der Waals surface area contributed by atoms with Crippen LogP contribution < -0.4 is 20.9 Å². The smallest absolute Gasteiger partial charge is 0.219 e. The van der Waals surface area contributed by atoms with Gasteiger partial charge in [-0.2, -0.15) is 0 Å². The molecule has 1 rings (SSSR count). The maximum absolute atomic E-state index is 10.8. The highest BCUT2D eigenvalue weighted by atomic mass is 16.5. The maximum atomic E-state index is 10.8. The molecule has 4 N–H and O–H groups in total. The molecule has 1 amide bonds. The van der Waals surface area contributed by atoms with E-state index in [0.29, 0.717) is 17.1 Å². The second kappa shape index (κ2) is 5.37. The fourth-order valence-corrected chi connectivity index (χ4v) is 1.46. The predicted molar refractivity (Wildman–Crippen MR) is 60.3 cm³/mol. The minimum atomic E-state index is -0.484. The molecule has 0 unspecified atom stereocenters. The molecule has 0 radical (unpaired) electrons. The summed E-state index contributed by atoms with van der Waals surface area (Å²) >= 11 is 0. The Balaban J connectivity index is 3.02. The van der Waals surface area contributed by atoms with Crippen LogP contribution in [0, 0.1) is 0 Å². The van der Waals surface area contributed by atoms with E-state index < -0.39 is 11.9 Å². The average molecular weight is 224 g/mol. The third-order valence-corrected chi connectivity index (χ3v) is 2.26. The molecule has 5 nitrogen and oxygen atoms in total. The highest BCUT2D eigenvalue weighted by Crippen LogP contribution is 2.29. The topological polar surface area (TPSA) is 87.6 Å². The quantitative estimate of drug-likeness (QED) is 0.765. The van der Waals surface area contributed by atoms with E-state index in [-0.39, 0.29) is 6.42 Å². The molecule has 5 heteroatoms. The number of nitrogens with two attached hydrogens (primary N) is 2. The highest BCUT2D eigenvalue weighted by molar-refractivity contribution is 5.74. The number of primary amides is 1. The number of carbonyl (C=O) groups is 1. The molecular formula is C11H16N2O3. The Morgan fingerprint density at radius 1 is 1.38 bits per heavy atom. The zero-order valence-corrected chi connectivity index (χ0v) is 9.40. The number of carbonyl (C=O) groups excluding carboxylic acids is 1. The largest absolute Gasteiger partial charge is 0.497 e. The number of methoxy groups -OCH3 is 2. The summed E-state index contributed by atoms with van der Waals surface area (Å²) < 4.78 is 10.2. The first-order chi connectivity index (χ1) is 7.58. The molecule has 0 spiro atoms. The summed E-state index contributed by atoms with van der Waals surface area (Å²) in [6, 6.07) is 4.77. The molecule has 88 valence electrons. The van der Waals surface area contributed by atoms with Crippen molar-refractivity contribution in [1.29, 1.82) is 0 Å². The lowest BCUT2D eigenvalue weighted by molar-refractivity contribution is -0.118. The highest BCUT2D eigenvalue weighted by Gasteiger charge is 2.15. The SMILES string of the molecule is COc1ccc(OC)c([C@H](N)CC(N)=O)c1. The first-order valence-electron chi connectivity index (χ1n) is 4.84. The van der Waals surface area contributed by atoms with Gasteiger partial charge in [-0.1, -0.05) is 0 Å². The summed E-state index contributed by atoms with van der Waals surface area (Å²) in [6.45, 7) is 0. The van der Waals surface area contributed by atoms with Crippen LogP contribution in [0.15, 0.2) is 18.2 Å². The van der Waals surface area contributed by atoms with Crippen LogP contribution in [0.5, 0.6) is 11.5 Å². The summed E-state index contributed by atoms with van der Waals surface area (Å²) in [5.41, 5.74) is 11.7. The minimum Gasteiger partial charge on any atom is -0.497 e. The van der Waals surface area contributed by atoms with E-state index in [1.807, 2.05) is 0 Å². The molecule has 0 aromatic heterocycles. The molecular weight excluding hydrogens is 208 g/mol. The van der Waals surface area contributed by atoms with Gasteiger partial charge < -0.3 is 20.9 Å². The van der Waals surface area contributed by atoms with Gasteiger partial charge >= 0.3 is 0 Å². The van der Waals surface area contributed by atoms with Gasteiger partial charge in [0.1, 0.15) is 11.5 Å². The maximum Gasteiger partial charge on any atom is 0.219 e. The first kappa shape index (κ1) is 12.3. The zero-order chi connectivity index (χ0) is 12.1. The second-order valence-corrected chi connectivity index (χ2v) is 3.38. The zero-order valence-electron chi connectivity index (χ0n) is 9.40. The lowest BCUT2D eigenvalue weighted by Crippen LogP contribution is -2.21. The van der Waals surface area contributed by atoms with Gasteiger partial charge in [0.05, 0.1) is 14.2 Å². The van der Waals surface area contributed by atoms with Gasteiger partial charge in [-0.15, -0.1) is 0 Å². The summed E-state index contributed by atoms with van der Waals surface area (Å²) in [7, 11) is 3.10. The van der Waals surface area contributed by atoms with Crippen LogP contribution in [0.2, 0.25) is 0 Å². The third-order valence-electron chi connectivity index (χ3n) is 2.26. The Morgan fingerprint density at radius 2 is 2.06 bits per heavy atom. The Labute approximate surface area is 94.3 Å². The molecule has 1 aromatic rings. The van der Waals surface area contributed by atoms with Gasteiger partial charge in [0.2, 0.25) is 5.91 Å². The van der Waals surface area contributed by atoms with Crippen molar-refractivity contribution in [2.75, 3.05) is 14.2 Å². The number of ether oxygens (including phenoxy) is 2. The van der Waals surface area contributed by atoms with Crippen LogP contribution in [-0.2, 0) is 4.79 Å². The average Bonchev–Trinajstić information content (AvgIpc) is 2.27. The Bertz CT molecular complexity index is 379. The molecule has 0 saturated carbocycles. The van der Waals surface area contributed by atoms with Crippen LogP contribution in [0.1, 0.15) is 18.0 Å². The van der Waals surface area contributed by atoms with Crippen LogP contribution in [0.25, 0.3) is 0 Å². The van der Waals surface area contributed by atoms with Crippen LogP contribution in [-0.4, -0.2) is 20.1 Å². The third kappa shape index (κ3) is 2.87. The van der Waals surface area contributed by atoms with Gasteiger partial charge in [0, 0.05) is 18.0 Å². The van der Waals surface area contributed by atoms with E-state index in [4.69, 9.17) is 20.9 Å². The van der Waals surface area contributed by atoms with Gasteiger partial charge in [0.25, 0.3) is 0 Å². The van der Waals surface area contributed by atoms with Crippen LogP contribution in [0.3, 0.4) is 0 Å². The van der Waals surface area contributed by atoms with Gasteiger partial charge in [-0.05, 0) is 18.2 Å². The van der Waals surface area contributed by atoms with Crippen molar-refractivity contribution in [1.82, 2.24) is 0 Å². The van der Waals surface area contributed by atoms with E-state index >= 15 is 0 Å². The molecule has 0 aliphatic carbocycles. The normalized spacial score (nSPS) is 11.9. The second-order valence-electron chi connectivity index (χ2n) is 3.38. The first-order valence-corrected chi connectivity index (χ1v) is 4.84. The Kier molecular flexibility index (Phi) is 4.13. The van der Waals surface area contributed by atoms with Crippen molar-refractivity contribution < 1.29 is 14.3 Å². The Hall–Kier alpha value is -1.75. The number of benzene rings is 1. The van der Waals surface area contributed by atoms with Gasteiger partial charge in [-0.3, -0.25) is 4.79 Å². The molecule has 1 atom stereocenters. The molecule has 16 heavy (non-hydrogen) atoms. The fourth-order valence-electron chi connectivity index (χ4n) is 1.46. The fraction of sp³-hybridized carbons (Fsp3) is 0.364. The van der Waals surface area contributed by atoms with E-state index in [1.165, 1.54) is 0 Å². The molecule has 1 aromatic carbocycles. The summed E-state index contributed by atoms with van der Waals surface area (Å²) in [5, 5.41) is 0. The van der Waals surface area contributed by atoms with E-state index in [1.54, 1.807) is 32.4 Å². The van der Waals surface area contributed by atoms with E-state index in [9.17, 15) is 4.79 Å². The molecule has 0 fully saturated rings. The molecule has 0 saturated heterocycles. The van der Waals surface area contributed by atoms with Crippen LogP contribution in [0.4, 0.5) is 0 Å². The molecule has 0 aliphatic heterocycles. The van der Waals surface area contributed by atoms with E-state index in [0.717, 1.165) is 0 Å². The van der Waals surface area contributed by atoms with Gasteiger partial charge in [-0.25, -0.2) is 0 Å². The molecule has 0 bridgehead atoms. The number of rotatable bonds is 5. The summed E-state index contributed by atoms with van der Waals surface area (Å²) in [4.78, 5) is 10.8. The predicted octanol–water partition coefficient (Wildman–Crippen LogP) is 0.579.